The molecule has 0 bridgehead atoms. The molecule has 0 aromatic carbocycles. The molecule has 0 aliphatic heterocycles. The molecule has 0 saturated heterocycles. The number of aromatic nitrogens is 1. The van der Waals surface area contributed by atoms with Gasteiger partial charge < -0.3 is 10.0 Å². The van der Waals surface area contributed by atoms with Crippen molar-refractivity contribution in [1.82, 2.24) is 0 Å². The molecule has 0 aliphatic rings. The van der Waals surface area contributed by atoms with Gasteiger partial charge in [0.2, 0.25) is 0 Å². The molecule has 86 valence electrons. The van der Waals surface area contributed by atoms with Crippen LogP contribution in [0.3, 0.4) is 0 Å². The maximum Gasteiger partial charge on any atom is 0.272 e. The summed E-state index contributed by atoms with van der Waals surface area (Å²) in [6.45, 7) is 0.439. The smallest absolute Gasteiger partial charge is 0.272 e. The molecular weight excluding hydrogens is 220 g/mol. The second-order valence-corrected chi connectivity index (χ2v) is 4.46. The number of anilines is 1. The van der Waals surface area contributed by atoms with E-state index in [4.69, 9.17) is 5.73 Å². The Kier molecular flexibility index (Phi) is 5.20. The summed E-state index contributed by atoms with van der Waals surface area (Å²) in [5.41, 5.74) is 5.61. The van der Waals surface area contributed by atoms with E-state index in [1.54, 1.807) is 29.0 Å². The summed E-state index contributed by atoms with van der Waals surface area (Å²) in [6, 6.07) is 5.30. The fraction of sp³-hybridized carbons (Fsp3) is 0.375. The van der Waals surface area contributed by atoms with Gasteiger partial charge in [0, 0.05) is 11.8 Å². The summed E-state index contributed by atoms with van der Waals surface area (Å²) in [7, 11) is -4.11. The summed E-state index contributed by atoms with van der Waals surface area (Å²) in [5.74, 6) is 0.199. The monoisotopic (exact) mass is 234 g/mol. The Labute approximate surface area is 88.4 Å². The van der Waals surface area contributed by atoms with Gasteiger partial charge in [-0.25, -0.2) is 13.0 Å². The number of rotatable bonds is 4. The molecular formula is C8H14N2O4S. The Balaban J connectivity index is 0.00000196. The normalized spacial score (nSPS) is 10.7. The van der Waals surface area contributed by atoms with Gasteiger partial charge in [0.15, 0.2) is 0 Å². The molecule has 0 spiro atoms. The van der Waals surface area contributed by atoms with Gasteiger partial charge in [-0.3, -0.25) is 5.73 Å². The molecule has 7 heteroatoms. The predicted molar refractivity (Wildman–Crippen MR) is 53.8 cm³/mol. The van der Waals surface area contributed by atoms with E-state index in [-0.39, 0.29) is 17.6 Å². The molecule has 0 radical (unpaired) electrons. The third-order valence-corrected chi connectivity index (χ3v) is 2.56. The van der Waals surface area contributed by atoms with E-state index in [1.165, 1.54) is 0 Å². The Bertz CT molecular complexity index is 405. The molecule has 0 unspecified atom stereocenters. The highest BCUT2D eigenvalue weighted by molar-refractivity contribution is 7.85. The van der Waals surface area contributed by atoms with Crippen LogP contribution in [0.15, 0.2) is 24.4 Å². The van der Waals surface area contributed by atoms with E-state index in [0.717, 1.165) is 0 Å². The standard InChI is InChI=1S/C8H12N2O3S.H2O/c9-8-4-1-2-5-10(8)6-3-7-14(11,12)13;/h1-2,4-5,9H,3,6-7H2,(H,11,12,13);1H2. The summed E-state index contributed by atoms with van der Waals surface area (Å²) < 4.78 is 32.6. The second kappa shape index (κ2) is 5.64. The number of nitrogens with zero attached hydrogens (tertiary/aromatic N) is 1. The highest BCUT2D eigenvalue weighted by atomic mass is 32.2. The first kappa shape index (κ1) is 13.8. The highest BCUT2D eigenvalue weighted by Crippen LogP contribution is 1.93. The van der Waals surface area contributed by atoms with Crippen molar-refractivity contribution in [3.8, 4) is 0 Å². The fourth-order valence-electron chi connectivity index (χ4n) is 1.10. The minimum atomic E-state index is -4.11. The van der Waals surface area contributed by atoms with Gasteiger partial charge in [0.05, 0.1) is 22.9 Å². The zero-order valence-electron chi connectivity index (χ0n) is 8.09. The average molecular weight is 234 g/mol. The topological polar surface area (TPSA) is 119 Å². The summed E-state index contributed by atoms with van der Waals surface area (Å²) in [4.78, 5) is 0. The molecule has 1 heterocycles. The highest BCUT2D eigenvalue weighted by Gasteiger charge is 2.03. The van der Waals surface area contributed by atoms with Crippen LogP contribution in [0.25, 0.3) is 0 Å². The Morgan fingerprint density at radius 2 is 2.07 bits per heavy atom. The van der Waals surface area contributed by atoms with Gasteiger partial charge in [-0.2, -0.15) is 0 Å². The molecule has 0 amide bonds. The number of nitrogens with two attached hydrogens (primary N) is 1. The van der Waals surface area contributed by atoms with E-state index in [0.29, 0.717) is 12.4 Å². The van der Waals surface area contributed by atoms with E-state index in [2.05, 4.69) is 0 Å². The largest absolute Gasteiger partial charge is 0.748 e. The molecule has 1 aromatic rings. The van der Waals surface area contributed by atoms with Crippen molar-refractivity contribution in [3.05, 3.63) is 24.4 Å². The van der Waals surface area contributed by atoms with Crippen LogP contribution in [-0.4, -0.2) is 24.2 Å². The van der Waals surface area contributed by atoms with Crippen molar-refractivity contribution in [2.24, 2.45) is 0 Å². The predicted octanol–water partition coefficient (Wildman–Crippen LogP) is -1.33. The fourth-order valence-corrected chi connectivity index (χ4v) is 1.59. The van der Waals surface area contributed by atoms with Crippen molar-refractivity contribution < 1.29 is 23.0 Å². The van der Waals surface area contributed by atoms with Crippen LogP contribution in [0.4, 0.5) is 5.82 Å². The van der Waals surface area contributed by atoms with Crippen LogP contribution >= 0.6 is 0 Å². The van der Waals surface area contributed by atoms with E-state index < -0.39 is 10.1 Å². The summed E-state index contributed by atoms with van der Waals surface area (Å²) >= 11 is 0. The number of hydrogen-bond acceptors (Lipinski definition) is 4. The number of nitrogen functional groups attached to an aromatic ring is 1. The number of hydrogen-bond donors (Lipinski definition) is 1. The Morgan fingerprint density at radius 1 is 1.40 bits per heavy atom. The zero-order chi connectivity index (χ0) is 10.6. The van der Waals surface area contributed by atoms with Crippen LogP contribution in [0, 0.1) is 0 Å². The third-order valence-electron chi connectivity index (χ3n) is 1.77. The van der Waals surface area contributed by atoms with Crippen LogP contribution in [0.2, 0.25) is 0 Å². The molecule has 0 saturated carbocycles. The number of aryl methyl sites for hydroxylation is 1. The average Bonchev–Trinajstić information content (AvgIpc) is 2.06. The van der Waals surface area contributed by atoms with Crippen molar-refractivity contribution in [2.75, 3.05) is 11.5 Å². The second-order valence-electron chi connectivity index (χ2n) is 2.93. The number of pyridine rings is 1. The minimum Gasteiger partial charge on any atom is -0.748 e. The van der Waals surface area contributed by atoms with Crippen molar-refractivity contribution in [1.29, 1.82) is 0 Å². The van der Waals surface area contributed by atoms with Gasteiger partial charge in [-0.15, -0.1) is 0 Å². The maximum absolute atomic E-state index is 10.3. The van der Waals surface area contributed by atoms with Gasteiger partial charge in [-0.1, -0.05) is 6.07 Å². The molecule has 0 aliphatic carbocycles. The quantitative estimate of drug-likeness (QED) is 0.512. The minimum absolute atomic E-state index is 0. The first-order chi connectivity index (χ1) is 6.49. The lowest BCUT2D eigenvalue weighted by molar-refractivity contribution is -0.682. The first-order valence-electron chi connectivity index (χ1n) is 4.16. The summed E-state index contributed by atoms with van der Waals surface area (Å²) in [6.07, 6.45) is 2.03. The van der Waals surface area contributed by atoms with Crippen LogP contribution in [0.1, 0.15) is 6.42 Å². The third kappa shape index (κ3) is 5.31. The van der Waals surface area contributed by atoms with E-state index in [9.17, 15) is 13.0 Å². The molecule has 4 N–H and O–H groups in total. The van der Waals surface area contributed by atoms with Crippen LogP contribution in [-0.2, 0) is 16.7 Å². The first-order valence-corrected chi connectivity index (χ1v) is 5.74. The maximum atomic E-state index is 10.3. The Morgan fingerprint density at radius 3 is 2.60 bits per heavy atom. The SMILES string of the molecule is Nc1cccc[n+]1CCCS(=O)(=O)[O-].O. The van der Waals surface area contributed by atoms with Crippen molar-refractivity contribution in [3.63, 3.8) is 0 Å². The lowest BCUT2D eigenvalue weighted by Crippen LogP contribution is -2.37. The van der Waals surface area contributed by atoms with Crippen LogP contribution in [0.5, 0.6) is 0 Å². The van der Waals surface area contributed by atoms with E-state index >= 15 is 0 Å². The van der Waals surface area contributed by atoms with E-state index in [1.807, 2.05) is 0 Å². The summed E-state index contributed by atoms with van der Waals surface area (Å²) in [5, 5.41) is 0. The molecule has 0 fully saturated rings. The van der Waals surface area contributed by atoms with Gasteiger partial charge in [-0.05, 0) is 12.5 Å². The molecule has 15 heavy (non-hydrogen) atoms. The van der Waals surface area contributed by atoms with Gasteiger partial charge in [0.25, 0.3) is 5.82 Å². The molecule has 0 atom stereocenters. The lowest BCUT2D eigenvalue weighted by Gasteiger charge is -2.06. The molecule has 1 rings (SSSR count). The van der Waals surface area contributed by atoms with Crippen molar-refractivity contribution >= 4 is 15.9 Å². The van der Waals surface area contributed by atoms with Gasteiger partial charge in [0.1, 0.15) is 0 Å². The lowest BCUT2D eigenvalue weighted by atomic mass is 10.4. The molecule has 6 nitrogen and oxygen atoms in total. The Hall–Kier alpha value is -1.18. The van der Waals surface area contributed by atoms with Crippen LogP contribution < -0.4 is 10.3 Å². The van der Waals surface area contributed by atoms with Crippen molar-refractivity contribution in [2.45, 2.75) is 13.0 Å². The molecule has 1 aromatic heterocycles. The van der Waals surface area contributed by atoms with Gasteiger partial charge >= 0.3 is 0 Å². The zero-order valence-corrected chi connectivity index (χ0v) is 8.90.